The molecule has 3 heterocycles. The second-order valence-corrected chi connectivity index (χ2v) is 6.24. The highest BCUT2D eigenvalue weighted by atomic mass is 16.7. The van der Waals surface area contributed by atoms with E-state index in [0.717, 1.165) is 17.7 Å². The summed E-state index contributed by atoms with van der Waals surface area (Å²) in [4.78, 5) is 17.2. The van der Waals surface area contributed by atoms with Gasteiger partial charge in [0.2, 0.25) is 0 Å². The molecule has 5 nitrogen and oxygen atoms in total. The minimum atomic E-state index is -0.366. The second-order valence-electron chi connectivity index (χ2n) is 6.24. The van der Waals surface area contributed by atoms with Crippen LogP contribution in [0.5, 0.6) is 0 Å². The van der Waals surface area contributed by atoms with Gasteiger partial charge in [-0.2, -0.15) is 0 Å². The van der Waals surface area contributed by atoms with Crippen molar-refractivity contribution >= 4 is 6.29 Å². The molecule has 2 aromatic heterocycles. The van der Waals surface area contributed by atoms with E-state index >= 15 is 0 Å². The van der Waals surface area contributed by atoms with Crippen molar-refractivity contribution in [2.45, 2.75) is 26.1 Å². The Morgan fingerprint density at radius 3 is 2.57 bits per heavy atom. The molecular formula is C16H20N2O3. The van der Waals surface area contributed by atoms with Crippen LogP contribution in [-0.4, -0.2) is 35.8 Å². The largest absolute Gasteiger partial charge is 0.364 e. The molecule has 21 heavy (non-hydrogen) atoms. The monoisotopic (exact) mass is 288 g/mol. The topological polar surface area (TPSA) is 67.1 Å². The number of rotatable bonds is 4. The molecular weight excluding hydrogens is 268 g/mol. The van der Waals surface area contributed by atoms with Crippen molar-refractivity contribution in [3.8, 4) is 0 Å². The number of ether oxygens (including phenoxy) is 2. The molecule has 0 amide bonds. The highest BCUT2D eigenvalue weighted by molar-refractivity contribution is 5.72. The number of aldehydes is 1. The lowest BCUT2D eigenvalue weighted by Crippen LogP contribution is -2.41. The van der Waals surface area contributed by atoms with Crippen LogP contribution in [0.15, 0.2) is 30.5 Å². The van der Waals surface area contributed by atoms with Gasteiger partial charge in [0.05, 0.1) is 24.8 Å². The van der Waals surface area contributed by atoms with Gasteiger partial charge in [-0.25, -0.2) is 0 Å². The molecule has 5 heteroatoms. The molecule has 1 unspecified atom stereocenters. The van der Waals surface area contributed by atoms with Gasteiger partial charge in [-0.05, 0) is 24.3 Å². The van der Waals surface area contributed by atoms with Crippen LogP contribution >= 0.6 is 0 Å². The third-order valence-electron chi connectivity index (χ3n) is 3.70. The average molecular weight is 288 g/mol. The Bertz CT molecular complexity index is 591. The van der Waals surface area contributed by atoms with Gasteiger partial charge in [0, 0.05) is 23.0 Å². The first-order chi connectivity index (χ1) is 10.1. The van der Waals surface area contributed by atoms with Crippen molar-refractivity contribution in [1.82, 2.24) is 9.97 Å². The number of hydrogen-bond donors (Lipinski definition) is 2. The molecule has 0 bridgehead atoms. The number of aromatic nitrogens is 2. The summed E-state index contributed by atoms with van der Waals surface area (Å²) >= 11 is 0. The fourth-order valence-electron chi connectivity index (χ4n) is 2.58. The Balaban J connectivity index is 1.88. The van der Waals surface area contributed by atoms with Crippen molar-refractivity contribution in [1.29, 1.82) is 0 Å². The van der Waals surface area contributed by atoms with E-state index in [1.165, 1.54) is 0 Å². The number of nitrogens with one attached hydrogen (secondary N) is 2. The van der Waals surface area contributed by atoms with Crippen molar-refractivity contribution in [3.63, 3.8) is 0 Å². The van der Waals surface area contributed by atoms with E-state index in [0.29, 0.717) is 18.9 Å². The number of hydrogen-bond acceptors (Lipinski definition) is 3. The lowest BCUT2D eigenvalue weighted by Gasteiger charge is -2.37. The Kier molecular flexibility index (Phi) is 3.69. The van der Waals surface area contributed by atoms with Gasteiger partial charge in [0.1, 0.15) is 0 Å². The third kappa shape index (κ3) is 2.94. The molecule has 3 rings (SSSR count). The molecule has 0 aliphatic carbocycles. The number of carbonyl (C=O) groups excluding carboxylic acids is 1. The van der Waals surface area contributed by atoms with Crippen LogP contribution in [0.2, 0.25) is 0 Å². The maximum absolute atomic E-state index is 10.9. The molecule has 0 saturated carbocycles. The van der Waals surface area contributed by atoms with Crippen molar-refractivity contribution in [2.24, 2.45) is 5.41 Å². The van der Waals surface area contributed by atoms with Gasteiger partial charge >= 0.3 is 0 Å². The summed E-state index contributed by atoms with van der Waals surface area (Å²) in [6.07, 6.45) is 2.31. The van der Waals surface area contributed by atoms with E-state index in [2.05, 4.69) is 23.8 Å². The lowest BCUT2D eigenvalue weighted by atomic mass is 9.93. The highest BCUT2D eigenvalue weighted by Gasteiger charge is 2.35. The maximum Gasteiger partial charge on any atom is 0.171 e. The van der Waals surface area contributed by atoms with E-state index < -0.39 is 0 Å². The predicted molar refractivity (Wildman–Crippen MR) is 78.3 cm³/mol. The zero-order valence-electron chi connectivity index (χ0n) is 12.3. The van der Waals surface area contributed by atoms with Crippen LogP contribution in [0, 0.1) is 5.41 Å². The van der Waals surface area contributed by atoms with Gasteiger partial charge < -0.3 is 19.4 Å². The summed E-state index contributed by atoms with van der Waals surface area (Å²) in [6.45, 7) is 5.53. The normalized spacial score (nSPS) is 20.3. The Morgan fingerprint density at radius 1 is 1.24 bits per heavy atom. The van der Waals surface area contributed by atoms with E-state index in [1.54, 1.807) is 6.07 Å². The smallest absolute Gasteiger partial charge is 0.171 e. The second kappa shape index (κ2) is 5.50. The quantitative estimate of drug-likeness (QED) is 0.850. The Morgan fingerprint density at radius 2 is 2.00 bits per heavy atom. The minimum Gasteiger partial charge on any atom is -0.364 e. The fraction of sp³-hybridized carbons (Fsp3) is 0.438. The molecule has 1 saturated heterocycles. The molecule has 0 aromatic carbocycles. The first-order valence-corrected chi connectivity index (χ1v) is 7.10. The number of aromatic amines is 2. The van der Waals surface area contributed by atoms with E-state index in [1.807, 2.05) is 24.4 Å². The van der Waals surface area contributed by atoms with Crippen LogP contribution in [0.3, 0.4) is 0 Å². The molecule has 1 aliphatic rings. The Hall–Kier alpha value is -1.85. The van der Waals surface area contributed by atoms with Gasteiger partial charge in [-0.15, -0.1) is 0 Å². The van der Waals surface area contributed by atoms with Crippen LogP contribution in [0.4, 0.5) is 0 Å². The number of carbonyl (C=O) groups is 1. The summed E-state index contributed by atoms with van der Waals surface area (Å²) < 4.78 is 11.9. The van der Waals surface area contributed by atoms with E-state index in [9.17, 15) is 4.79 Å². The van der Waals surface area contributed by atoms with Gasteiger partial charge in [0.25, 0.3) is 0 Å². The van der Waals surface area contributed by atoms with Gasteiger partial charge in [-0.3, -0.25) is 4.79 Å². The fourth-order valence-corrected chi connectivity index (χ4v) is 2.58. The van der Waals surface area contributed by atoms with Crippen LogP contribution in [0.25, 0.3) is 0 Å². The first-order valence-electron chi connectivity index (χ1n) is 7.10. The molecule has 112 valence electrons. The molecule has 2 aromatic rings. The van der Waals surface area contributed by atoms with Crippen LogP contribution in [-0.2, 0) is 9.47 Å². The molecule has 0 radical (unpaired) electrons. The summed E-state index contributed by atoms with van der Waals surface area (Å²) in [6, 6.07) is 7.62. The molecule has 1 aliphatic heterocycles. The molecule has 0 spiro atoms. The van der Waals surface area contributed by atoms with Crippen molar-refractivity contribution < 1.29 is 14.3 Å². The zero-order chi connectivity index (χ0) is 14.9. The van der Waals surface area contributed by atoms with E-state index in [-0.39, 0.29) is 17.6 Å². The first kappa shape index (κ1) is 14.1. The maximum atomic E-state index is 10.9. The summed E-state index contributed by atoms with van der Waals surface area (Å²) in [5.74, 6) is -0.107. The lowest BCUT2D eigenvalue weighted by molar-refractivity contribution is -0.227. The predicted octanol–water partition coefficient (Wildman–Crippen LogP) is 2.69. The summed E-state index contributed by atoms with van der Waals surface area (Å²) in [7, 11) is 0. The standard InChI is InChI=1S/C16H20N2O3/c1-16(2)9-20-15(21-10-16)14(12-4-3-7-17-12)13-6-5-11(8-19)18-13/h3-8,14-15,17-18H,9-10H2,1-2H3. The van der Waals surface area contributed by atoms with Crippen LogP contribution in [0.1, 0.15) is 41.6 Å². The molecule has 1 fully saturated rings. The Labute approximate surface area is 123 Å². The molecule has 1 atom stereocenters. The SMILES string of the molecule is CC1(C)COC(C(c2ccc[nH]2)c2ccc(C=O)[nH]2)OC1. The molecule has 2 N–H and O–H groups in total. The summed E-state index contributed by atoms with van der Waals surface area (Å²) in [5.41, 5.74) is 2.49. The van der Waals surface area contributed by atoms with Gasteiger partial charge in [0.15, 0.2) is 12.6 Å². The number of H-pyrrole nitrogens is 2. The van der Waals surface area contributed by atoms with E-state index in [4.69, 9.17) is 9.47 Å². The zero-order valence-corrected chi connectivity index (χ0v) is 12.3. The van der Waals surface area contributed by atoms with Crippen molar-refractivity contribution in [3.05, 3.63) is 47.5 Å². The van der Waals surface area contributed by atoms with Crippen LogP contribution < -0.4 is 0 Å². The summed E-state index contributed by atoms with van der Waals surface area (Å²) in [5, 5.41) is 0. The van der Waals surface area contributed by atoms with Crippen molar-refractivity contribution in [2.75, 3.05) is 13.2 Å². The minimum absolute atomic E-state index is 0.0283. The average Bonchev–Trinajstić information content (AvgIpc) is 3.13. The third-order valence-corrected chi connectivity index (χ3v) is 3.70. The highest BCUT2D eigenvalue weighted by Crippen LogP contribution is 2.34. The van der Waals surface area contributed by atoms with Gasteiger partial charge in [-0.1, -0.05) is 13.8 Å².